The number of methoxy groups -OCH3 is 1. The summed E-state index contributed by atoms with van der Waals surface area (Å²) in [4.78, 5) is 13.7. The van der Waals surface area contributed by atoms with Crippen LogP contribution in [0.2, 0.25) is 0 Å². The highest BCUT2D eigenvalue weighted by atomic mass is 16.5. The summed E-state index contributed by atoms with van der Waals surface area (Å²) in [6.07, 6.45) is 0. The van der Waals surface area contributed by atoms with E-state index in [4.69, 9.17) is 15.2 Å². The van der Waals surface area contributed by atoms with Crippen molar-refractivity contribution < 1.29 is 14.3 Å². The van der Waals surface area contributed by atoms with Crippen LogP contribution in [-0.2, 0) is 4.74 Å². The van der Waals surface area contributed by atoms with Gasteiger partial charge in [0.05, 0.1) is 7.11 Å². The Kier molecular flexibility index (Phi) is 4.78. The van der Waals surface area contributed by atoms with Gasteiger partial charge in [0.2, 0.25) is 0 Å². The molecule has 0 aliphatic carbocycles. The highest BCUT2D eigenvalue weighted by molar-refractivity contribution is 5.93. The van der Waals surface area contributed by atoms with Gasteiger partial charge in [-0.15, -0.1) is 0 Å². The van der Waals surface area contributed by atoms with Crippen molar-refractivity contribution in [2.24, 2.45) is 0 Å². The molecule has 0 heterocycles. The molecule has 0 fully saturated rings. The van der Waals surface area contributed by atoms with E-state index in [1.54, 1.807) is 18.2 Å². The average molecular weight is 238 g/mol. The second kappa shape index (κ2) is 6.10. The Hall–Kier alpha value is -1.75. The maximum Gasteiger partial charge on any atom is 0.341 e. The van der Waals surface area contributed by atoms with Gasteiger partial charge in [-0.05, 0) is 26.2 Å². The van der Waals surface area contributed by atoms with Crippen LogP contribution in [-0.4, -0.2) is 45.2 Å². The number of hydrogen-bond donors (Lipinski definition) is 1. The third-order valence-corrected chi connectivity index (χ3v) is 2.22. The number of hydrogen-bond acceptors (Lipinski definition) is 5. The van der Waals surface area contributed by atoms with Gasteiger partial charge in [-0.3, -0.25) is 0 Å². The second-order valence-electron chi connectivity index (χ2n) is 3.90. The van der Waals surface area contributed by atoms with Gasteiger partial charge < -0.3 is 20.1 Å². The molecule has 0 unspecified atom stereocenters. The van der Waals surface area contributed by atoms with Crippen molar-refractivity contribution in [3.05, 3.63) is 23.8 Å². The summed E-state index contributed by atoms with van der Waals surface area (Å²) in [5.74, 6) is 0.0311. The van der Waals surface area contributed by atoms with E-state index >= 15 is 0 Å². The Morgan fingerprint density at radius 1 is 1.41 bits per heavy atom. The van der Waals surface area contributed by atoms with Crippen LogP contribution in [0.4, 0.5) is 5.69 Å². The molecule has 0 amide bonds. The zero-order chi connectivity index (χ0) is 12.8. The molecule has 1 aromatic carbocycles. The van der Waals surface area contributed by atoms with Crippen molar-refractivity contribution in [3.63, 3.8) is 0 Å². The molecule has 0 atom stereocenters. The molecule has 1 rings (SSSR count). The van der Waals surface area contributed by atoms with Crippen LogP contribution < -0.4 is 10.5 Å². The molecule has 0 aromatic heterocycles. The molecule has 1 aromatic rings. The first-order chi connectivity index (χ1) is 8.04. The quantitative estimate of drug-likeness (QED) is 0.612. The number of nitrogens with two attached hydrogens (primary N) is 1. The number of esters is 1. The molecule has 5 nitrogen and oxygen atoms in total. The summed E-state index contributed by atoms with van der Waals surface area (Å²) >= 11 is 0. The Bertz CT molecular complexity index is 391. The standard InChI is InChI=1S/C12H18N2O3/c1-14(2)6-7-17-12(15)10-5-4-9(13)8-11(10)16-3/h4-5,8H,6-7,13H2,1-3H3. The van der Waals surface area contributed by atoms with E-state index in [2.05, 4.69) is 0 Å². The van der Waals surface area contributed by atoms with Gasteiger partial charge in [-0.25, -0.2) is 4.79 Å². The van der Waals surface area contributed by atoms with Crippen LogP contribution in [0.15, 0.2) is 18.2 Å². The van der Waals surface area contributed by atoms with Gasteiger partial charge in [-0.1, -0.05) is 0 Å². The lowest BCUT2D eigenvalue weighted by Gasteiger charge is -2.11. The van der Waals surface area contributed by atoms with E-state index < -0.39 is 5.97 Å². The summed E-state index contributed by atoms with van der Waals surface area (Å²) in [7, 11) is 5.32. The van der Waals surface area contributed by atoms with Crippen LogP contribution in [0.1, 0.15) is 10.4 Å². The Morgan fingerprint density at radius 3 is 2.71 bits per heavy atom. The average Bonchev–Trinajstić information content (AvgIpc) is 2.28. The van der Waals surface area contributed by atoms with Crippen molar-refractivity contribution in [3.8, 4) is 5.75 Å². The molecule has 0 aliphatic heterocycles. The molecular formula is C12H18N2O3. The minimum Gasteiger partial charge on any atom is -0.496 e. The minimum atomic E-state index is -0.399. The fourth-order valence-electron chi connectivity index (χ4n) is 1.28. The maximum absolute atomic E-state index is 11.8. The second-order valence-corrected chi connectivity index (χ2v) is 3.90. The minimum absolute atomic E-state index is 0.347. The van der Waals surface area contributed by atoms with Crippen molar-refractivity contribution in [2.45, 2.75) is 0 Å². The zero-order valence-corrected chi connectivity index (χ0v) is 10.4. The Labute approximate surface area is 101 Å². The number of rotatable bonds is 5. The van der Waals surface area contributed by atoms with Crippen LogP contribution in [0.3, 0.4) is 0 Å². The van der Waals surface area contributed by atoms with Gasteiger partial charge in [0.25, 0.3) is 0 Å². The molecule has 0 bridgehead atoms. The molecule has 0 saturated carbocycles. The SMILES string of the molecule is COc1cc(N)ccc1C(=O)OCCN(C)C. The first-order valence-electron chi connectivity index (χ1n) is 5.30. The molecule has 17 heavy (non-hydrogen) atoms. The van der Waals surface area contributed by atoms with Crippen molar-refractivity contribution in [2.75, 3.05) is 40.1 Å². The Balaban J connectivity index is 2.68. The first kappa shape index (κ1) is 13.3. The molecule has 0 saturated heterocycles. The zero-order valence-electron chi connectivity index (χ0n) is 10.4. The van der Waals surface area contributed by atoms with Crippen LogP contribution in [0.25, 0.3) is 0 Å². The molecule has 94 valence electrons. The molecular weight excluding hydrogens is 220 g/mol. The van der Waals surface area contributed by atoms with Gasteiger partial charge in [0, 0.05) is 18.3 Å². The fourth-order valence-corrected chi connectivity index (χ4v) is 1.28. The highest BCUT2D eigenvalue weighted by Crippen LogP contribution is 2.22. The lowest BCUT2D eigenvalue weighted by atomic mass is 10.2. The van der Waals surface area contributed by atoms with Gasteiger partial charge in [-0.2, -0.15) is 0 Å². The summed E-state index contributed by atoms with van der Waals surface area (Å²) in [5, 5.41) is 0. The number of carbonyl (C=O) groups excluding carboxylic acids is 1. The van der Waals surface area contributed by atoms with Crippen LogP contribution >= 0.6 is 0 Å². The lowest BCUT2D eigenvalue weighted by Crippen LogP contribution is -2.20. The predicted molar refractivity (Wildman–Crippen MR) is 66.2 cm³/mol. The van der Waals surface area contributed by atoms with E-state index in [9.17, 15) is 4.79 Å². The summed E-state index contributed by atoms with van der Waals surface area (Å²) in [5.41, 5.74) is 6.54. The molecule has 2 N–H and O–H groups in total. The Morgan fingerprint density at radius 2 is 2.12 bits per heavy atom. The molecule has 5 heteroatoms. The topological polar surface area (TPSA) is 64.8 Å². The van der Waals surface area contributed by atoms with Crippen molar-refractivity contribution in [1.29, 1.82) is 0 Å². The lowest BCUT2D eigenvalue weighted by molar-refractivity contribution is 0.0478. The number of nitrogens with zero attached hydrogens (tertiary/aromatic N) is 1. The van der Waals surface area contributed by atoms with E-state index in [-0.39, 0.29) is 0 Å². The van der Waals surface area contributed by atoms with E-state index in [1.807, 2.05) is 19.0 Å². The van der Waals surface area contributed by atoms with Gasteiger partial charge in [0.1, 0.15) is 17.9 Å². The van der Waals surface area contributed by atoms with Crippen LogP contribution in [0, 0.1) is 0 Å². The molecule has 0 aliphatic rings. The monoisotopic (exact) mass is 238 g/mol. The number of nitrogen functional groups attached to an aromatic ring is 1. The highest BCUT2D eigenvalue weighted by Gasteiger charge is 2.13. The number of anilines is 1. The third-order valence-electron chi connectivity index (χ3n) is 2.22. The number of ether oxygens (including phenoxy) is 2. The predicted octanol–water partition coefficient (Wildman–Crippen LogP) is 0.996. The summed E-state index contributed by atoms with van der Waals surface area (Å²) < 4.78 is 10.2. The number of benzene rings is 1. The molecule has 0 radical (unpaired) electrons. The van der Waals surface area contributed by atoms with Gasteiger partial charge in [0.15, 0.2) is 0 Å². The summed E-state index contributed by atoms with van der Waals surface area (Å²) in [6.45, 7) is 1.03. The largest absolute Gasteiger partial charge is 0.496 e. The number of likely N-dealkylation sites (N-methyl/N-ethyl adjacent to an activating group) is 1. The first-order valence-corrected chi connectivity index (χ1v) is 5.30. The van der Waals surface area contributed by atoms with E-state index in [1.165, 1.54) is 7.11 Å². The number of carbonyl (C=O) groups is 1. The third kappa shape index (κ3) is 3.96. The van der Waals surface area contributed by atoms with Crippen molar-refractivity contribution in [1.82, 2.24) is 4.90 Å². The fraction of sp³-hybridized carbons (Fsp3) is 0.417. The smallest absolute Gasteiger partial charge is 0.341 e. The van der Waals surface area contributed by atoms with E-state index in [0.29, 0.717) is 30.2 Å². The van der Waals surface area contributed by atoms with Gasteiger partial charge >= 0.3 is 5.97 Å². The van der Waals surface area contributed by atoms with Crippen LogP contribution in [0.5, 0.6) is 5.75 Å². The normalized spacial score (nSPS) is 10.4. The van der Waals surface area contributed by atoms with E-state index in [0.717, 1.165) is 0 Å². The maximum atomic E-state index is 11.8. The molecule has 0 spiro atoms. The summed E-state index contributed by atoms with van der Waals surface area (Å²) in [6, 6.07) is 4.85. The van der Waals surface area contributed by atoms with Crippen molar-refractivity contribution >= 4 is 11.7 Å².